The molecule has 2 aliphatic heterocycles. The molecule has 0 atom stereocenters. The molecule has 8 nitrogen and oxygen atoms in total. The summed E-state index contributed by atoms with van der Waals surface area (Å²) in [5, 5.41) is -0.747. The summed E-state index contributed by atoms with van der Waals surface area (Å²) in [5.41, 5.74) is 0.365. The molecule has 3 fully saturated rings. The number of carbonyl (C=O) groups is 1. The minimum absolute atomic E-state index is 0.141. The van der Waals surface area contributed by atoms with E-state index in [9.17, 15) is 21.6 Å². The zero-order valence-corrected chi connectivity index (χ0v) is 18.5. The predicted octanol–water partition coefficient (Wildman–Crippen LogP) is 1.28. The van der Waals surface area contributed by atoms with E-state index >= 15 is 0 Å². The topological polar surface area (TPSA) is 101 Å². The number of nitrogens with zero attached hydrogens (tertiary/aromatic N) is 2. The van der Waals surface area contributed by atoms with Crippen molar-refractivity contribution in [3.8, 4) is 0 Å². The zero-order chi connectivity index (χ0) is 21.4. The zero-order valence-electron chi connectivity index (χ0n) is 16.9. The van der Waals surface area contributed by atoms with Gasteiger partial charge in [0.25, 0.3) is 5.91 Å². The van der Waals surface area contributed by atoms with Gasteiger partial charge in [0.15, 0.2) is 9.84 Å². The van der Waals surface area contributed by atoms with Crippen molar-refractivity contribution in [2.75, 3.05) is 39.4 Å². The molecule has 1 aromatic rings. The van der Waals surface area contributed by atoms with Crippen LogP contribution in [0.3, 0.4) is 0 Å². The highest BCUT2D eigenvalue weighted by Crippen LogP contribution is 2.30. The monoisotopic (exact) mass is 456 g/mol. The number of benzene rings is 1. The van der Waals surface area contributed by atoms with Crippen molar-refractivity contribution < 1.29 is 26.4 Å². The summed E-state index contributed by atoms with van der Waals surface area (Å²) in [6, 6.07) is 5.87. The van der Waals surface area contributed by atoms with Gasteiger partial charge in [0.05, 0.1) is 28.6 Å². The number of sulfone groups is 1. The third-order valence-electron chi connectivity index (χ3n) is 6.33. The molecule has 4 rings (SSSR count). The van der Waals surface area contributed by atoms with Gasteiger partial charge in [-0.2, -0.15) is 4.31 Å². The lowest BCUT2D eigenvalue weighted by molar-refractivity contribution is 0.0658. The number of ether oxygens (including phenoxy) is 1. The fourth-order valence-corrected chi connectivity index (χ4v) is 8.08. The Morgan fingerprint density at radius 1 is 0.867 bits per heavy atom. The van der Waals surface area contributed by atoms with Gasteiger partial charge in [-0.25, -0.2) is 16.8 Å². The maximum absolute atomic E-state index is 12.8. The maximum atomic E-state index is 12.8. The molecule has 0 aromatic heterocycles. The lowest BCUT2D eigenvalue weighted by Gasteiger charge is -2.40. The number of hydrogen-bond acceptors (Lipinski definition) is 6. The SMILES string of the molecule is O=C(c1ccc(S(=O)(=O)N2CCOCC2)cc1)N1CC(S(=O)(=O)C2CCCCC2)C1. The molecule has 0 bridgehead atoms. The van der Waals surface area contributed by atoms with Gasteiger partial charge in [-0.05, 0) is 37.1 Å². The Hall–Kier alpha value is -1.49. The molecule has 0 unspecified atom stereocenters. The van der Waals surface area contributed by atoms with Crippen molar-refractivity contribution in [3.63, 3.8) is 0 Å². The smallest absolute Gasteiger partial charge is 0.253 e. The van der Waals surface area contributed by atoms with E-state index < -0.39 is 25.1 Å². The van der Waals surface area contributed by atoms with Crippen LogP contribution < -0.4 is 0 Å². The lowest BCUT2D eigenvalue weighted by Crippen LogP contribution is -2.58. The molecule has 0 spiro atoms. The molecule has 3 aliphatic rings. The standard InChI is InChI=1S/C20H28N2O6S2/c23-20(21-14-19(15-21)29(24,25)17-4-2-1-3-5-17)16-6-8-18(9-7-16)30(26,27)22-10-12-28-13-11-22/h6-9,17,19H,1-5,10-15H2. The Balaban J connectivity index is 1.38. The summed E-state index contributed by atoms with van der Waals surface area (Å²) in [6.07, 6.45) is 4.47. The number of morpholine rings is 1. The molecular formula is C20H28N2O6S2. The van der Waals surface area contributed by atoms with Crippen molar-refractivity contribution in [2.24, 2.45) is 0 Å². The second-order valence-corrected chi connectivity index (χ2v) is 12.7. The fraction of sp³-hybridized carbons (Fsp3) is 0.650. The molecule has 2 heterocycles. The minimum Gasteiger partial charge on any atom is -0.379 e. The summed E-state index contributed by atoms with van der Waals surface area (Å²) >= 11 is 0. The summed E-state index contributed by atoms with van der Waals surface area (Å²) in [7, 11) is -6.81. The number of rotatable bonds is 5. The van der Waals surface area contributed by atoms with Gasteiger partial charge in [0, 0.05) is 31.7 Å². The van der Waals surface area contributed by atoms with E-state index in [-0.39, 0.29) is 29.1 Å². The van der Waals surface area contributed by atoms with Crippen LogP contribution in [0.1, 0.15) is 42.5 Å². The molecule has 1 amide bonds. The van der Waals surface area contributed by atoms with Crippen LogP contribution in [0, 0.1) is 0 Å². The fourth-order valence-electron chi connectivity index (χ4n) is 4.37. The lowest BCUT2D eigenvalue weighted by atomic mass is 10.0. The second kappa shape index (κ2) is 8.57. The van der Waals surface area contributed by atoms with E-state index in [2.05, 4.69) is 0 Å². The highest BCUT2D eigenvalue weighted by Gasteiger charge is 2.43. The first kappa shape index (κ1) is 21.7. The highest BCUT2D eigenvalue weighted by atomic mass is 32.2. The minimum atomic E-state index is -3.61. The van der Waals surface area contributed by atoms with Crippen molar-refractivity contribution >= 4 is 25.8 Å². The van der Waals surface area contributed by atoms with Crippen LogP contribution in [0.15, 0.2) is 29.2 Å². The first-order valence-electron chi connectivity index (χ1n) is 10.5. The number of likely N-dealkylation sites (tertiary alicyclic amines) is 1. The van der Waals surface area contributed by atoms with Gasteiger partial charge < -0.3 is 9.64 Å². The third kappa shape index (κ3) is 4.15. The van der Waals surface area contributed by atoms with Crippen LogP contribution in [-0.2, 0) is 24.6 Å². The Labute approximate surface area is 178 Å². The number of sulfonamides is 1. The molecule has 0 radical (unpaired) electrons. The molecular weight excluding hydrogens is 428 g/mol. The molecule has 1 aliphatic carbocycles. The third-order valence-corrected chi connectivity index (χ3v) is 10.9. The largest absolute Gasteiger partial charge is 0.379 e. The molecule has 1 saturated carbocycles. The van der Waals surface area contributed by atoms with Crippen molar-refractivity contribution in [3.05, 3.63) is 29.8 Å². The first-order chi connectivity index (χ1) is 14.3. The van der Waals surface area contributed by atoms with Crippen LogP contribution in [0.25, 0.3) is 0 Å². The Morgan fingerprint density at radius 3 is 2.07 bits per heavy atom. The Kier molecular flexibility index (Phi) is 6.20. The van der Waals surface area contributed by atoms with Crippen LogP contribution in [0.2, 0.25) is 0 Å². The Morgan fingerprint density at radius 2 is 1.47 bits per heavy atom. The molecule has 30 heavy (non-hydrogen) atoms. The molecule has 166 valence electrons. The van der Waals surface area contributed by atoms with E-state index in [1.54, 1.807) is 0 Å². The van der Waals surface area contributed by atoms with Crippen molar-refractivity contribution in [2.45, 2.75) is 47.5 Å². The van der Waals surface area contributed by atoms with E-state index in [1.165, 1.54) is 33.5 Å². The predicted molar refractivity (Wildman–Crippen MR) is 112 cm³/mol. The van der Waals surface area contributed by atoms with E-state index in [0.29, 0.717) is 31.9 Å². The van der Waals surface area contributed by atoms with Crippen LogP contribution >= 0.6 is 0 Å². The summed E-state index contributed by atoms with van der Waals surface area (Å²) in [4.78, 5) is 14.4. The Bertz CT molecular complexity index is 973. The van der Waals surface area contributed by atoms with Gasteiger partial charge >= 0.3 is 0 Å². The molecule has 2 saturated heterocycles. The number of carbonyl (C=O) groups excluding carboxylic acids is 1. The first-order valence-corrected chi connectivity index (χ1v) is 13.5. The van der Waals surface area contributed by atoms with Gasteiger partial charge in [-0.15, -0.1) is 0 Å². The second-order valence-electron chi connectivity index (χ2n) is 8.22. The quantitative estimate of drug-likeness (QED) is 0.662. The van der Waals surface area contributed by atoms with E-state index in [1.807, 2.05) is 0 Å². The average Bonchev–Trinajstić information content (AvgIpc) is 2.74. The van der Waals surface area contributed by atoms with Crippen molar-refractivity contribution in [1.82, 2.24) is 9.21 Å². The van der Waals surface area contributed by atoms with Crippen LogP contribution in [0.4, 0.5) is 0 Å². The molecule has 1 aromatic carbocycles. The van der Waals surface area contributed by atoms with Crippen molar-refractivity contribution in [1.29, 1.82) is 0 Å². The van der Waals surface area contributed by atoms with Gasteiger partial charge in [-0.3, -0.25) is 4.79 Å². The molecule has 0 N–H and O–H groups in total. The number of amides is 1. The van der Waals surface area contributed by atoms with E-state index in [4.69, 9.17) is 4.74 Å². The summed E-state index contributed by atoms with van der Waals surface area (Å²) < 4.78 is 57.5. The van der Waals surface area contributed by atoms with Gasteiger partial charge in [-0.1, -0.05) is 19.3 Å². The average molecular weight is 457 g/mol. The van der Waals surface area contributed by atoms with Gasteiger partial charge in [0.1, 0.15) is 0 Å². The normalized spacial score (nSPS) is 22.6. The molecule has 10 heteroatoms. The summed E-state index contributed by atoms with van der Waals surface area (Å²) in [5.74, 6) is -0.264. The maximum Gasteiger partial charge on any atom is 0.253 e. The van der Waals surface area contributed by atoms with Crippen LogP contribution in [-0.4, -0.2) is 81.8 Å². The van der Waals surface area contributed by atoms with E-state index in [0.717, 1.165) is 32.1 Å². The summed E-state index contributed by atoms with van der Waals surface area (Å²) in [6.45, 7) is 1.80. The number of hydrogen-bond donors (Lipinski definition) is 0. The van der Waals surface area contributed by atoms with Crippen LogP contribution in [0.5, 0.6) is 0 Å². The highest BCUT2D eigenvalue weighted by molar-refractivity contribution is 7.92. The van der Waals surface area contributed by atoms with Gasteiger partial charge in [0.2, 0.25) is 10.0 Å².